The van der Waals surface area contributed by atoms with Gasteiger partial charge in [-0.1, -0.05) is 34.6 Å². The summed E-state index contributed by atoms with van der Waals surface area (Å²) in [6.45, 7) is 1.90. The van der Waals surface area contributed by atoms with Gasteiger partial charge in [-0.25, -0.2) is 0 Å². The van der Waals surface area contributed by atoms with Crippen LogP contribution in [0.3, 0.4) is 0 Å². The van der Waals surface area contributed by atoms with Crippen LogP contribution in [0, 0.1) is 0 Å². The summed E-state index contributed by atoms with van der Waals surface area (Å²) in [6, 6.07) is 3.15. The van der Waals surface area contributed by atoms with Crippen molar-refractivity contribution >= 4 is 38.7 Å². The summed E-state index contributed by atoms with van der Waals surface area (Å²) in [5.41, 5.74) is -0.651. The van der Waals surface area contributed by atoms with E-state index in [9.17, 15) is 18.0 Å². The molecule has 21 heavy (non-hydrogen) atoms. The fourth-order valence-electron chi connectivity index (χ4n) is 1.97. The second kappa shape index (κ2) is 6.44. The molecule has 0 bridgehead atoms. The fraction of sp³-hybridized carbons (Fsp3) is 0.357. The van der Waals surface area contributed by atoms with E-state index >= 15 is 0 Å². The maximum atomic E-state index is 12.9. The molecule has 0 spiro atoms. The number of benzene rings is 1. The van der Waals surface area contributed by atoms with Gasteiger partial charge < -0.3 is 4.42 Å². The minimum atomic E-state index is -4.49. The quantitative estimate of drug-likeness (QED) is 0.560. The van der Waals surface area contributed by atoms with Gasteiger partial charge in [0.25, 0.3) is 0 Å². The van der Waals surface area contributed by atoms with Crippen LogP contribution in [-0.4, -0.2) is 11.1 Å². The number of halogens is 4. The highest BCUT2D eigenvalue weighted by Crippen LogP contribution is 2.33. The van der Waals surface area contributed by atoms with Crippen LogP contribution in [0.5, 0.6) is 0 Å². The molecule has 114 valence electrons. The first-order valence-corrected chi connectivity index (χ1v) is 8.34. The van der Waals surface area contributed by atoms with Crippen molar-refractivity contribution in [2.24, 2.45) is 0 Å². The van der Waals surface area contributed by atoms with Gasteiger partial charge in [0, 0.05) is 11.4 Å². The third-order valence-corrected chi connectivity index (χ3v) is 4.03. The Morgan fingerprint density at radius 3 is 2.57 bits per heavy atom. The lowest BCUT2D eigenvalue weighted by molar-refractivity contribution is -0.137. The number of hydrogen-bond acceptors (Lipinski definition) is 3. The highest BCUT2D eigenvalue weighted by molar-refractivity contribution is 9.09. The van der Waals surface area contributed by atoms with Crippen LogP contribution >= 0.6 is 27.7 Å². The Balaban J connectivity index is 2.75. The molecule has 2 rings (SSSR count). The molecule has 0 radical (unpaired) electrons. The Morgan fingerprint density at radius 2 is 2.00 bits per heavy atom. The molecule has 0 unspecified atom stereocenters. The summed E-state index contributed by atoms with van der Waals surface area (Å²) >= 11 is 4.55. The molecule has 1 heterocycles. The molecule has 0 saturated carbocycles. The highest BCUT2D eigenvalue weighted by atomic mass is 79.9. The van der Waals surface area contributed by atoms with Gasteiger partial charge in [0.15, 0.2) is 10.5 Å². The number of aryl methyl sites for hydroxylation is 1. The number of fused-ring (bicyclic) bond motifs is 1. The Bertz CT molecular complexity index is 710. The Morgan fingerprint density at radius 1 is 1.29 bits per heavy atom. The fourth-order valence-corrected chi connectivity index (χ4v) is 3.02. The normalized spacial score (nSPS) is 12.0. The maximum Gasteiger partial charge on any atom is 0.416 e. The van der Waals surface area contributed by atoms with Gasteiger partial charge in [0.2, 0.25) is 0 Å². The average molecular weight is 381 g/mol. The third-order valence-electron chi connectivity index (χ3n) is 2.86. The van der Waals surface area contributed by atoms with Crippen molar-refractivity contribution in [1.82, 2.24) is 0 Å². The van der Waals surface area contributed by atoms with E-state index in [0.29, 0.717) is 28.2 Å². The minimum absolute atomic E-state index is 0.0266. The molecular weight excluding hydrogens is 369 g/mol. The topological polar surface area (TPSA) is 30.2 Å². The zero-order valence-electron chi connectivity index (χ0n) is 11.1. The van der Waals surface area contributed by atoms with E-state index in [1.54, 1.807) is 0 Å². The molecule has 0 aliphatic heterocycles. The molecule has 0 fully saturated rings. The third kappa shape index (κ3) is 3.63. The van der Waals surface area contributed by atoms with Crippen LogP contribution in [0.25, 0.3) is 11.0 Å². The summed E-state index contributed by atoms with van der Waals surface area (Å²) < 4.78 is 44.4. The second-order valence-corrected chi connectivity index (χ2v) is 6.37. The first kappa shape index (κ1) is 16.4. The van der Waals surface area contributed by atoms with Crippen LogP contribution in [0.4, 0.5) is 13.2 Å². The largest absolute Gasteiger partial charge is 0.449 e. The maximum absolute atomic E-state index is 12.9. The van der Waals surface area contributed by atoms with E-state index in [-0.39, 0.29) is 11.0 Å². The smallest absolute Gasteiger partial charge is 0.416 e. The van der Waals surface area contributed by atoms with Gasteiger partial charge in [-0.2, -0.15) is 13.2 Å². The van der Waals surface area contributed by atoms with Gasteiger partial charge in [0.05, 0.1) is 10.9 Å². The lowest BCUT2D eigenvalue weighted by Gasteiger charge is -2.11. The van der Waals surface area contributed by atoms with Gasteiger partial charge >= 0.3 is 6.18 Å². The number of rotatable bonds is 4. The summed E-state index contributed by atoms with van der Waals surface area (Å²) in [7, 11) is 0. The van der Waals surface area contributed by atoms with E-state index in [1.807, 2.05) is 6.92 Å². The van der Waals surface area contributed by atoms with Crippen LogP contribution < -0.4 is 5.43 Å². The summed E-state index contributed by atoms with van der Waals surface area (Å²) in [5.74, 6) is 0.711. The van der Waals surface area contributed by atoms with Crippen molar-refractivity contribution in [1.29, 1.82) is 0 Å². The molecule has 0 atom stereocenters. The van der Waals surface area contributed by atoms with Gasteiger partial charge in [-0.15, -0.1) is 0 Å². The van der Waals surface area contributed by atoms with Gasteiger partial charge in [0.1, 0.15) is 5.58 Å². The van der Waals surface area contributed by atoms with Crippen molar-refractivity contribution in [3.8, 4) is 0 Å². The van der Waals surface area contributed by atoms with E-state index in [1.165, 1.54) is 17.8 Å². The standard InChI is InChI=1S/C14H12BrF3O2S/c1-2-21-12-7-11(19)10-6-9(14(16,17)18)5-8(3-4-15)13(10)20-12/h5-7H,2-4H2,1H3. The molecule has 1 aromatic carbocycles. The summed E-state index contributed by atoms with van der Waals surface area (Å²) in [4.78, 5) is 12.1. The van der Waals surface area contributed by atoms with Crippen LogP contribution in [0.1, 0.15) is 18.1 Å². The van der Waals surface area contributed by atoms with E-state index in [2.05, 4.69) is 15.9 Å². The number of thioether (sulfide) groups is 1. The predicted octanol–water partition coefficient (Wildman–Crippen LogP) is 4.86. The summed E-state index contributed by atoms with van der Waals surface area (Å²) in [5, 5.41) is 0.880. The zero-order chi connectivity index (χ0) is 15.6. The van der Waals surface area contributed by atoms with Crippen molar-refractivity contribution < 1.29 is 17.6 Å². The molecule has 2 aromatic rings. The molecule has 7 heteroatoms. The van der Waals surface area contributed by atoms with Crippen molar-refractivity contribution in [3.63, 3.8) is 0 Å². The molecule has 0 aliphatic rings. The van der Waals surface area contributed by atoms with Crippen molar-refractivity contribution in [2.45, 2.75) is 24.6 Å². The molecule has 0 N–H and O–H groups in total. The van der Waals surface area contributed by atoms with E-state index in [4.69, 9.17) is 4.42 Å². The second-order valence-electron chi connectivity index (χ2n) is 4.31. The Hall–Kier alpha value is -0.950. The first-order valence-electron chi connectivity index (χ1n) is 6.23. The number of hydrogen-bond donors (Lipinski definition) is 0. The van der Waals surface area contributed by atoms with Crippen molar-refractivity contribution in [2.75, 3.05) is 11.1 Å². The first-order chi connectivity index (χ1) is 9.86. The van der Waals surface area contributed by atoms with Crippen LogP contribution in [0.15, 0.2) is 32.5 Å². The summed E-state index contributed by atoms with van der Waals surface area (Å²) in [6.07, 6.45) is -4.14. The van der Waals surface area contributed by atoms with Gasteiger partial charge in [-0.05, 0) is 29.9 Å². The molecule has 0 aliphatic carbocycles. The molecule has 1 aromatic heterocycles. The van der Waals surface area contributed by atoms with Crippen LogP contribution in [-0.2, 0) is 12.6 Å². The highest BCUT2D eigenvalue weighted by Gasteiger charge is 2.32. The van der Waals surface area contributed by atoms with Crippen molar-refractivity contribution in [3.05, 3.63) is 39.5 Å². The van der Waals surface area contributed by atoms with Gasteiger partial charge in [-0.3, -0.25) is 4.79 Å². The lowest BCUT2D eigenvalue weighted by atomic mass is 10.0. The Labute approximate surface area is 131 Å². The van der Waals surface area contributed by atoms with Crippen LogP contribution in [0.2, 0.25) is 0 Å². The van der Waals surface area contributed by atoms with E-state index in [0.717, 1.165) is 12.1 Å². The molecule has 0 saturated heterocycles. The SMILES string of the molecule is CCSc1cc(=O)c2cc(C(F)(F)F)cc(CCBr)c2o1. The zero-order valence-corrected chi connectivity index (χ0v) is 13.5. The minimum Gasteiger partial charge on any atom is -0.449 e. The molecular formula is C14H12BrF3O2S. The molecule has 0 amide bonds. The molecule has 2 nitrogen and oxygen atoms in total. The van der Waals surface area contributed by atoms with E-state index < -0.39 is 17.2 Å². The number of alkyl halides is 4. The lowest BCUT2D eigenvalue weighted by Crippen LogP contribution is -2.09. The Kier molecular flexibility index (Phi) is 5.03. The average Bonchev–Trinajstić information content (AvgIpc) is 2.39. The monoisotopic (exact) mass is 380 g/mol. The predicted molar refractivity (Wildman–Crippen MR) is 81.4 cm³/mol.